The van der Waals surface area contributed by atoms with Crippen molar-refractivity contribution in [2.24, 2.45) is 11.3 Å². The summed E-state index contributed by atoms with van der Waals surface area (Å²) in [4.78, 5) is 6.96. The van der Waals surface area contributed by atoms with Gasteiger partial charge in [0, 0.05) is 24.8 Å². The van der Waals surface area contributed by atoms with Crippen molar-refractivity contribution < 1.29 is 4.39 Å². The number of anilines is 1. The summed E-state index contributed by atoms with van der Waals surface area (Å²) < 4.78 is 13.5. The minimum absolute atomic E-state index is 0.339. The molecule has 2 aromatic heterocycles. The highest BCUT2D eigenvalue weighted by atomic mass is 35.5. The number of aromatic nitrogens is 3. The normalized spacial score (nSPS) is 20.0. The van der Waals surface area contributed by atoms with Crippen molar-refractivity contribution in [1.29, 1.82) is 0 Å². The summed E-state index contributed by atoms with van der Waals surface area (Å²) in [6, 6.07) is 14.1. The van der Waals surface area contributed by atoms with Crippen LogP contribution in [-0.2, 0) is 6.54 Å². The maximum absolute atomic E-state index is 13.5. The van der Waals surface area contributed by atoms with Gasteiger partial charge in [0.15, 0.2) is 0 Å². The van der Waals surface area contributed by atoms with Crippen LogP contribution in [0.2, 0.25) is 5.02 Å². The van der Waals surface area contributed by atoms with Crippen LogP contribution in [0.4, 0.5) is 10.2 Å². The Morgan fingerprint density at radius 3 is 2.71 bits per heavy atom. The highest BCUT2D eigenvalue weighted by molar-refractivity contribution is 6.33. The third-order valence-corrected chi connectivity index (χ3v) is 7.05. The number of benzene rings is 1. The fourth-order valence-corrected chi connectivity index (χ4v) is 4.92. The van der Waals surface area contributed by atoms with E-state index in [1.54, 1.807) is 0 Å². The minimum Gasteiger partial charge on any atom is -0.368 e. The van der Waals surface area contributed by atoms with Crippen molar-refractivity contribution in [2.75, 3.05) is 25.0 Å². The van der Waals surface area contributed by atoms with Crippen LogP contribution in [0.15, 0.2) is 54.7 Å². The summed E-state index contributed by atoms with van der Waals surface area (Å²) in [5.74, 6) is 1.09. The zero-order valence-electron chi connectivity index (χ0n) is 17.3. The molecule has 1 aliphatic carbocycles. The average Bonchev–Trinajstić information content (AvgIpc) is 3.48. The lowest BCUT2D eigenvalue weighted by Crippen LogP contribution is -2.35. The molecule has 160 valence electrons. The summed E-state index contributed by atoms with van der Waals surface area (Å²) in [6.45, 7) is 4.12. The summed E-state index contributed by atoms with van der Waals surface area (Å²) in [5, 5.41) is 12.4. The molecule has 7 heteroatoms. The molecule has 1 atom stereocenters. The van der Waals surface area contributed by atoms with Gasteiger partial charge in [-0.1, -0.05) is 17.7 Å². The Hall–Kier alpha value is -2.57. The van der Waals surface area contributed by atoms with E-state index in [4.69, 9.17) is 11.6 Å². The number of likely N-dealkylation sites (tertiary alicyclic amines) is 1. The second-order valence-corrected chi connectivity index (χ2v) is 9.08. The molecule has 0 amide bonds. The predicted molar refractivity (Wildman–Crippen MR) is 120 cm³/mol. The van der Waals surface area contributed by atoms with Crippen LogP contribution in [0.5, 0.6) is 0 Å². The number of hydrogen-bond donors (Lipinski definition) is 1. The van der Waals surface area contributed by atoms with Crippen molar-refractivity contribution in [3.05, 3.63) is 71.3 Å². The van der Waals surface area contributed by atoms with Gasteiger partial charge in [-0.05, 0) is 86.1 Å². The van der Waals surface area contributed by atoms with Crippen LogP contribution < -0.4 is 5.32 Å². The second kappa shape index (κ2) is 8.52. The molecule has 2 aliphatic rings. The first-order chi connectivity index (χ1) is 15.1. The Morgan fingerprint density at radius 1 is 1.10 bits per heavy atom. The third-order valence-electron chi connectivity index (χ3n) is 6.72. The Morgan fingerprint density at radius 2 is 1.97 bits per heavy atom. The highest BCUT2D eigenvalue weighted by Crippen LogP contribution is 2.59. The van der Waals surface area contributed by atoms with Gasteiger partial charge >= 0.3 is 0 Å². The largest absolute Gasteiger partial charge is 0.368 e. The van der Waals surface area contributed by atoms with Gasteiger partial charge in [0.1, 0.15) is 11.6 Å². The molecule has 1 N–H and O–H groups in total. The molecule has 1 saturated carbocycles. The smallest absolute Gasteiger partial charge is 0.148 e. The van der Waals surface area contributed by atoms with Gasteiger partial charge in [-0.25, -0.2) is 4.39 Å². The molecule has 2 fully saturated rings. The Bertz CT molecular complexity index is 1040. The van der Waals surface area contributed by atoms with E-state index >= 15 is 0 Å². The molecule has 0 radical (unpaired) electrons. The van der Waals surface area contributed by atoms with Gasteiger partial charge in [0.25, 0.3) is 0 Å². The van der Waals surface area contributed by atoms with E-state index in [0.717, 1.165) is 37.7 Å². The van der Waals surface area contributed by atoms with E-state index in [1.165, 1.54) is 37.5 Å². The Labute approximate surface area is 186 Å². The zero-order valence-corrected chi connectivity index (χ0v) is 18.0. The van der Waals surface area contributed by atoms with E-state index in [1.807, 2.05) is 24.4 Å². The first-order valence-electron chi connectivity index (χ1n) is 10.8. The lowest BCUT2D eigenvalue weighted by atomic mass is 9.90. The molecule has 1 aromatic carbocycles. The van der Waals surface area contributed by atoms with Gasteiger partial charge in [0.2, 0.25) is 0 Å². The number of halogens is 2. The third kappa shape index (κ3) is 4.55. The number of pyridine rings is 1. The molecule has 0 unspecified atom stereocenters. The number of hydrogen-bond acceptors (Lipinski definition) is 5. The molecule has 1 spiro atoms. The fourth-order valence-electron chi connectivity index (χ4n) is 4.70. The number of rotatable bonds is 6. The molecule has 3 heterocycles. The van der Waals surface area contributed by atoms with Crippen LogP contribution in [0, 0.1) is 17.2 Å². The molecular weight excluding hydrogens is 413 g/mol. The van der Waals surface area contributed by atoms with Crippen LogP contribution >= 0.6 is 11.6 Å². The minimum atomic E-state index is -0.339. The Kier molecular flexibility index (Phi) is 5.59. The van der Waals surface area contributed by atoms with Gasteiger partial charge in [-0.3, -0.25) is 9.88 Å². The molecule has 1 aliphatic heterocycles. The quantitative estimate of drug-likeness (QED) is 0.585. The lowest BCUT2D eigenvalue weighted by Gasteiger charge is -2.32. The molecular formula is C24H25ClFN5. The van der Waals surface area contributed by atoms with Crippen LogP contribution in [0.3, 0.4) is 0 Å². The van der Waals surface area contributed by atoms with E-state index in [-0.39, 0.29) is 5.82 Å². The number of piperidine rings is 1. The number of nitrogens with one attached hydrogen (secondary N) is 1. The van der Waals surface area contributed by atoms with Gasteiger partial charge < -0.3 is 5.32 Å². The molecule has 5 nitrogen and oxygen atoms in total. The van der Waals surface area contributed by atoms with Crippen molar-refractivity contribution in [3.8, 4) is 11.3 Å². The molecule has 5 rings (SSSR count). The van der Waals surface area contributed by atoms with Gasteiger partial charge in [-0.15, -0.1) is 10.2 Å². The summed E-state index contributed by atoms with van der Waals surface area (Å²) >= 11 is 6.16. The van der Waals surface area contributed by atoms with E-state index < -0.39 is 0 Å². The summed E-state index contributed by atoms with van der Waals surface area (Å²) in [6.07, 6.45) is 5.64. The van der Waals surface area contributed by atoms with Crippen LogP contribution in [0.1, 0.15) is 25.0 Å². The molecule has 1 saturated heterocycles. The number of nitrogens with zero attached hydrogens (tertiary/aromatic N) is 4. The highest BCUT2D eigenvalue weighted by Gasteiger charge is 2.54. The molecule has 3 aromatic rings. The monoisotopic (exact) mass is 437 g/mol. The maximum atomic E-state index is 13.5. The first-order valence-corrected chi connectivity index (χ1v) is 11.1. The summed E-state index contributed by atoms with van der Waals surface area (Å²) in [7, 11) is 0. The van der Waals surface area contributed by atoms with Crippen molar-refractivity contribution in [3.63, 3.8) is 0 Å². The van der Waals surface area contributed by atoms with Crippen LogP contribution in [0.25, 0.3) is 11.3 Å². The molecule has 31 heavy (non-hydrogen) atoms. The topological polar surface area (TPSA) is 53.9 Å². The van der Waals surface area contributed by atoms with Crippen LogP contribution in [-0.4, -0.2) is 39.7 Å². The van der Waals surface area contributed by atoms with E-state index in [2.05, 4.69) is 37.5 Å². The Balaban J connectivity index is 1.12. The standard InChI is InChI=1S/C24H25ClFN5/c25-21-5-4-18(26)13-20(21)22-6-7-23(30-29-22)28-15-17-14-24(17)8-11-31(12-9-24)16-19-3-1-2-10-27-19/h1-7,10,13,17H,8-9,11-12,14-16H2,(H,28,30)/t17-/m0/s1. The first kappa shape index (κ1) is 20.3. The predicted octanol–water partition coefficient (Wildman–Crippen LogP) is 5.05. The van der Waals surface area contributed by atoms with Gasteiger partial charge in [0.05, 0.1) is 16.4 Å². The van der Waals surface area contributed by atoms with Crippen molar-refractivity contribution in [1.82, 2.24) is 20.1 Å². The van der Waals surface area contributed by atoms with Crippen molar-refractivity contribution in [2.45, 2.75) is 25.8 Å². The molecule has 0 bridgehead atoms. The fraction of sp³-hybridized carbons (Fsp3) is 0.375. The summed E-state index contributed by atoms with van der Waals surface area (Å²) in [5.41, 5.74) is 2.75. The SMILES string of the molecule is Fc1ccc(Cl)c(-c2ccc(NC[C@@H]3CC34CCN(Cc3ccccn3)CC4)nn2)c1. The van der Waals surface area contributed by atoms with E-state index in [9.17, 15) is 4.39 Å². The van der Waals surface area contributed by atoms with Gasteiger partial charge in [-0.2, -0.15) is 0 Å². The van der Waals surface area contributed by atoms with Crippen molar-refractivity contribution >= 4 is 17.4 Å². The average molecular weight is 438 g/mol. The zero-order chi connectivity index (χ0) is 21.3. The van der Waals surface area contributed by atoms with E-state index in [0.29, 0.717) is 27.6 Å². The second-order valence-electron chi connectivity index (χ2n) is 8.67. The maximum Gasteiger partial charge on any atom is 0.148 e. The lowest BCUT2D eigenvalue weighted by molar-refractivity contribution is 0.156.